The van der Waals surface area contributed by atoms with E-state index in [2.05, 4.69) is 20.4 Å². The smallest absolute Gasteiger partial charge is 0.226 e. The Morgan fingerprint density at radius 1 is 1.47 bits per heavy atom. The van der Waals surface area contributed by atoms with Crippen molar-refractivity contribution >= 4 is 11.7 Å². The molecule has 6 nitrogen and oxygen atoms in total. The Kier molecular flexibility index (Phi) is 2.63. The number of nitrogens with zero attached hydrogens (tertiary/aromatic N) is 4. The quantitative estimate of drug-likeness (QED) is 0.881. The summed E-state index contributed by atoms with van der Waals surface area (Å²) >= 11 is 0. The van der Waals surface area contributed by atoms with Crippen molar-refractivity contribution in [3.05, 3.63) is 47.7 Å². The Hall–Kier alpha value is -2.50. The Bertz CT molecular complexity index is 659. The first-order valence-corrected chi connectivity index (χ1v) is 5.96. The Balaban J connectivity index is 2.21. The highest BCUT2D eigenvalue weighted by Crippen LogP contribution is 2.34. The molecule has 1 unspecified atom stereocenters. The van der Waals surface area contributed by atoms with Crippen molar-refractivity contribution in [2.45, 2.75) is 19.9 Å². The van der Waals surface area contributed by atoms with Crippen LogP contribution < -0.4 is 5.32 Å². The first kappa shape index (κ1) is 11.6. The lowest BCUT2D eigenvalue weighted by Gasteiger charge is -2.27. The number of nitrogens with one attached hydrogen (secondary N) is 1. The van der Waals surface area contributed by atoms with E-state index in [1.807, 2.05) is 19.1 Å². The molecule has 1 N–H and O–H groups in total. The molecule has 0 aliphatic carbocycles. The van der Waals surface area contributed by atoms with Gasteiger partial charge in [-0.15, -0.1) is 0 Å². The number of carbonyl (C=O) groups is 1. The van der Waals surface area contributed by atoms with Gasteiger partial charge in [-0.2, -0.15) is 10.1 Å². The lowest BCUT2D eigenvalue weighted by Crippen LogP contribution is -2.27. The molecular formula is C13H13N5O. The molecule has 6 heteroatoms. The average molecular weight is 255 g/mol. The van der Waals surface area contributed by atoms with Crippen LogP contribution in [-0.2, 0) is 4.79 Å². The number of allylic oxidation sites excluding steroid dienone is 2. The molecule has 2 aromatic heterocycles. The van der Waals surface area contributed by atoms with Crippen LogP contribution in [0.15, 0.2) is 42.1 Å². The summed E-state index contributed by atoms with van der Waals surface area (Å²) in [6.07, 6.45) is 4.93. The van der Waals surface area contributed by atoms with Gasteiger partial charge in [0.1, 0.15) is 12.4 Å². The average Bonchev–Trinajstić information content (AvgIpc) is 2.85. The maximum absolute atomic E-state index is 11.9. The van der Waals surface area contributed by atoms with Gasteiger partial charge in [0.05, 0.1) is 0 Å². The van der Waals surface area contributed by atoms with E-state index in [4.69, 9.17) is 0 Å². The SMILES string of the molecule is CC(=O)C1=C(C)Nc2ncnn2C1c1cccnc1. The predicted octanol–water partition coefficient (Wildman–Crippen LogP) is 1.55. The van der Waals surface area contributed by atoms with Gasteiger partial charge in [0.15, 0.2) is 5.78 Å². The fraction of sp³-hybridized carbons (Fsp3) is 0.231. The molecule has 0 saturated heterocycles. The molecule has 19 heavy (non-hydrogen) atoms. The fourth-order valence-corrected chi connectivity index (χ4v) is 2.39. The molecule has 0 saturated carbocycles. The van der Waals surface area contributed by atoms with E-state index >= 15 is 0 Å². The summed E-state index contributed by atoms with van der Waals surface area (Å²) in [6, 6.07) is 3.51. The summed E-state index contributed by atoms with van der Waals surface area (Å²) in [7, 11) is 0. The van der Waals surface area contributed by atoms with Gasteiger partial charge in [0, 0.05) is 23.7 Å². The number of hydrogen-bond donors (Lipinski definition) is 1. The van der Waals surface area contributed by atoms with Crippen LogP contribution in [0.5, 0.6) is 0 Å². The molecule has 1 atom stereocenters. The highest BCUT2D eigenvalue weighted by Gasteiger charge is 2.31. The second-order valence-corrected chi connectivity index (χ2v) is 4.44. The van der Waals surface area contributed by atoms with Gasteiger partial charge in [0.25, 0.3) is 0 Å². The van der Waals surface area contributed by atoms with Crippen molar-refractivity contribution < 1.29 is 4.79 Å². The number of rotatable bonds is 2. The van der Waals surface area contributed by atoms with Gasteiger partial charge in [0.2, 0.25) is 5.95 Å². The highest BCUT2D eigenvalue weighted by atomic mass is 16.1. The maximum atomic E-state index is 11.9. The van der Waals surface area contributed by atoms with Gasteiger partial charge in [-0.25, -0.2) is 4.68 Å². The van der Waals surface area contributed by atoms with E-state index in [9.17, 15) is 4.79 Å². The van der Waals surface area contributed by atoms with Gasteiger partial charge in [-0.05, 0) is 25.5 Å². The zero-order valence-corrected chi connectivity index (χ0v) is 10.7. The van der Waals surface area contributed by atoms with Crippen molar-refractivity contribution in [3.63, 3.8) is 0 Å². The second kappa shape index (κ2) is 4.31. The monoisotopic (exact) mass is 255 g/mol. The molecular weight excluding hydrogens is 242 g/mol. The zero-order valence-electron chi connectivity index (χ0n) is 10.7. The molecule has 1 aliphatic rings. The van der Waals surface area contributed by atoms with Gasteiger partial charge in [-0.3, -0.25) is 9.78 Å². The number of aromatic nitrogens is 4. The molecule has 0 fully saturated rings. The first-order chi connectivity index (χ1) is 9.18. The van der Waals surface area contributed by atoms with Crippen molar-refractivity contribution in [2.24, 2.45) is 0 Å². The van der Waals surface area contributed by atoms with Crippen LogP contribution in [0, 0.1) is 0 Å². The van der Waals surface area contributed by atoms with Crippen molar-refractivity contribution in [3.8, 4) is 0 Å². The zero-order chi connectivity index (χ0) is 13.4. The summed E-state index contributed by atoms with van der Waals surface area (Å²) in [6.45, 7) is 3.43. The number of pyridine rings is 1. The van der Waals surface area contributed by atoms with E-state index < -0.39 is 0 Å². The van der Waals surface area contributed by atoms with Crippen LogP contribution in [0.4, 0.5) is 5.95 Å². The number of carbonyl (C=O) groups excluding carboxylic acids is 1. The normalized spacial score (nSPS) is 17.9. The fourth-order valence-electron chi connectivity index (χ4n) is 2.39. The van der Waals surface area contributed by atoms with Crippen LogP contribution in [0.25, 0.3) is 0 Å². The Labute approximate surface area is 110 Å². The number of fused-ring (bicyclic) bond motifs is 1. The van der Waals surface area contributed by atoms with E-state index in [-0.39, 0.29) is 11.8 Å². The summed E-state index contributed by atoms with van der Waals surface area (Å²) in [5.74, 6) is 0.649. The summed E-state index contributed by atoms with van der Waals surface area (Å²) in [5, 5.41) is 7.31. The number of ketones is 1. The molecule has 2 aromatic rings. The number of anilines is 1. The Morgan fingerprint density at radius 2 is 2.32 bits per heavy atom. The van der Waals surface area contributed by atoms with Gasteiger partial charge >= 0.3 is 0 Å². The third kappa shape index (κ3) is 1.81. The van der Waals surface area contributed by atoms with E-state index in [1.165, 1.54) is 6.33 Å². The molecule has 3 heterocycles. The van der Waals surface area contributed by atoms with Crippen molar-refractivity contribution in [1.82, 2.24) is 19.7 Å². The molecule has 3 rings (SSSR count). The lowest BCUT2D eigenvalue weighted by molar-refractivity contribution is -0.114. The number of hydrogen-bond acceptors (Lipinski definition) is 5. The topological polar surface area (TPSA) is 72.7 Å². The van der Waals surface area contributed by atoms with Gasteiger partial charge in [-0.1, -0.05) is 6.07 Å². The van der Waals surface area contributed by atoms with E-state index in [0.717, 1.165) is 11.3 Å². The van der Waals surface area contributed by atoms with Crippen LogP contribution in [0.2, 0.25) is 0 Å². The third-order valence-electron chi connectivity index (χ3n) is 3.17. The van der Waals surface area contributed by atoms with Crippen molar-refractivity contribution in [2.75, 3.05) is 5.32 Å². The van der Waals surface area contributed by atoms with Crippen LogP contribution >= 0.6 is 0 Å². The van der Waals surface area contributed by atoms with E-state index in [1.54, 1.807) is 24.0 Å². The second-order valence-electron chi connectivity index (χ2n) is 4.44. The minimum Gasteiger partial charge on any atom is -0.328 e. The van der Waals surface area contributed by atoms with Crippen molar-refractivity contribution in [1.29, 1.82) is 0 Å². The standard InChI is InChI=1S/C13H13N5O/c1-8-11(9(2)19)12(10-4-3-5-14-6-10)18-13(17-8)15-7-16-18/h3-7,12H,1-2H3,(H,15,16,17). The predicted molar refractivity (Wildman–Crippen MR) is 69.4 cm³/mol. The molecule has 0 bridgehead atoms. The molecule has 1 aliphatic heterocycles. The Morgan fingerprint density at radius 3 is 3.00 bits per heavy atom. The van der Waals surface area contributed by atoms with Crippen LogP contribution in [-0.4, -0.2) is 25.5 Å². The van der Waals surface area contributed by atoms with Gasteiger partial charge < -0.3 is 5.32 Å². The lowest BCUT2D eigenvalue weighted by atomic mass is 9.94. The largest absolute Gasteiger partial charge is 0.328 e. The summed E-state index contributed by atoms with van der Waals surface area (Å²) in [4.78, 5) is 20.2. The number of Topliss-reactive ketones (excluding diaryl/α,β-unsaturated/α-hetero) is 1. The minimum absolute atomic E-state index is 0.0139. The molecule has 0 spiro atoms. The summed E-state index contributed by atoms with van der Waals surface area (Å²) < 4.78 is 1.71. The summed E-state index contributed by atoms with van der Waals surface area (Å²) in [5.41, 5.74) is 2.41. The molecule has 0 amide bonds. The van der Waals surface area contributed by atoms with Crippen LogP contribution in [0.3, 0.4) is 0 Å². The molecule has 0 radical (unpaired) electrons. The minimum atomic E-state index is -0.273. The maximum Gasteiger partial charge on any atom is 0.226 e. The highest BCUT2D eigenvalue weighted by molar-refractivity contribution is 5.96. The van der Waals surface area contributed by atoms with E-state index in [0.29, 0.717) is 11.5 Å². The third-order valence-corrected chi connectivity index (χ3v) is 3.17. The first-order valence-electron chi connectivity index (χ1n) is 5.96. The van der Waals surface area contributed by atoms with Crippen LogP contribution in [0.1, 0.15) is 25.5 Å². The molecule has 0 aromatic carbocycles. The molecule has 96 valence electrons.